The fourth-order valence-corrected chi connectivity index (χ4v) is 5.52. The van der Waals surface area contributed by atoms with Crippen molar-refractivity contribution in [1.29, 1.82) is 0 Å². The summed E-state index contributed by atoms with van der Waals surface area (Å²) in [5.74, 6) is 0. The lowest BCUT2D eigenvalue weighted by Gasteiger charge is -2.21. The third kappa shape index (κ3) is 3.33. The van der Waals surface area contributed by atoms with Crippen LogP contribution in [0.4, 0.5) is 0 Å². The van der Waals surface area contributed by atoms with Crippen LogP contribution in [0, 0.1) is 0 Å². The minimum absolute atomic E-state index is 0.126. The van der Waals surface area contributed by atoms with Gasteiger partial charge in [-0.3, -0.25) is 0 Å². The Labute approximate surface area is 187 Å². The summed E-state index contributed by atoms with van der Waals surface area (Å²) in [6.45, 7) is 0.126. The predicted octanol–water partition coefficient (Wildman–Crippen LogP) is 6.03. The van der Waals surface area contributed by atoms with Gasteiger partial charge >= 0.3 is 0 Å². The maximum absolute atomic E-state index is 3.82. The van der Waals surface area contributed by atoms with E-state index in [-0.39, 0.29) is 6.71 Å². The van der Waals surface area contributed by atoms with Gasteiger partial charge in [0.1, 0.15) is 0 Å². The summed E-state index contributed by atoms with van der Waals surface area (Å²) >= 11 is 7.63. The molecule has 5 rings (SSSR count). The highest BCUT2D eigenvalue weighted by Crippen LogP contribution is 2.25. The zero-order chi connectivity index (χ0) is 19.8. The lowest BCUT2D eigenvalue weighted by atomic mass is 9.36. The summed E-state index contributed by atoms with van der Waals surface area (Å²) < 4.78 is 2.26. The average Bonchev–Trinajstić information content (AvgIpc) is 2.75. The van der Waals surface area contributed by atoms with Crippen LogP contribution in [0.25, 0.3) is 21.5 Å². The predicted molar refractivity (Wildman–Crippen MR) is 134 cm³/mol. The molecule has 29 heavy (non-hydrogen) atoms. The van der Waals surface area contributed by atoms with Crippen LogP contribution in [-0.4, -0.2) is 6.71 Å². The van der Waals surface area contributed by atoms with E-state index in [0.29, 0.717) is 0 Å². The van der Waals surface area contributed by atoms with Crippen molar-refractivity contribution >= 4 is 76.5 Å². The molecule has 0 radical (unpaired) electrons. The first-order chi connectivity index (χ1) is 14.2. The summed E-state index contributed by atoms with van der Waals surface area (Å²) in [7, 11) is 0. The summed E-state index contributed by atoms with van der Waals surface area (Å²) in [5.41, 5.74) is 3.91. The minimum Gasteiger partial charge on any atom is -0.0686 e. The fourth-order valence-electron chi connectivity index (χ4n) is 4.30. The first-order valence-electron chi connectivity index (χ1n) is 9.63. The van der Waals surface area contributed by atoms with Gasteiger partial charge in [0.15, 0.2) is 0 Å². The van der Waals surface area contributed by atoms with Crippen molar-refractivity contribution in [1.82, 2.24) is 0 Å². The van der Waals surface area contributed by atoms with Crippen molar-refractivity contribution in [3.8, 4) is 0 Å². The van der Waals surface area contributed by atoms with Crippen LogP contribution in [-0.2, 0) is 0 Å². The fraction of sp³-hybridized carbons (Fsp3) is 0. The van der Waals surface area contributed by atoms with E-state index in [0.717, 1.165) is 8.95 Å². The van der Waals surface area contributed by atoms with E-state index >= 15 is 0 Å². The maximum Gasteiger partial charge on any atom is 0.242 e. The molecule has 0 aliphatic rings. The average molecular weight is 500 g/mol. The number of hydrogen-bond acceptors (Lipinski definition) is 0. The molecule has 0 unspecified atom stereocenters. The zero-order valence-electron chi connectivity index (χ0n) is 15.6. The Morgan fingerprint density at radius 2 is 0.897 bits per heavy atom. The van der Waals surface area contributed by atoms with Crippen LogP contribution in [0.1, 0.15) is 0 Å². The Morgan fingerprint density at radius 1 is 0.448 bits per heavy atom. The summed E-state index contributed by atoms with van der Waals surface area (Å²) in [4.78, 5) is 0. The summed E-state index contributed by atoms with van der Waals surface area (Å²) in [6.07, 6.45) is 0. The van der Waals surface area contributed by atoms with Crippen molar-refractivity contribution in [3.05, 3.63) is 112 Å². The molecule has 0 amide bonds. The van der Waals surface area contributed by atoms with Gasteiger partial charge in [-0.15, -0.1) is 0 Å². The molecule has 0 saturated carbocycles. The third-order valence-corrected chi connectivity index (χ3v) is 6.85. The van der Waals surface area contributed by atoms with E-state index in [9.17, 15) is 0 Å². The second-order valence-corrected chi connectivity index (χ2v) is 8.92. The van der Waals surface area contributed by atoms with Crippen molar-refractivity contribution < 1.29 is 0 Å². The van der Waals surface area contributed by atoms with E-state index in [2.05, 4.69) is 135 Å². The molecule has 0 aliphatic carbocycles. The Morgan fingerprint density at radius 3 is 1.38 bits per heavy atom. The van der Waals surface area contributed by atoms with Crippen molar-refractivity contribution in [2.45, 2.75) is 0 Å². The Bertz CT molecular complexity index is 1230. The van der Waals surface area contributed by atoms with Gasteiger partial charge in [-0.1, -0.05) is 139 Å². The largest absolute Gasteiger partial charge is 0.242 e. The van der Waals surface area contributed by atoms with E-state index in [1.807, 2.05) is 0 Å². The highest BCUT2D eigenvalue weighted by atomic mass is 79.9. The smallest absolute Gasteiger partial charge is 0.0686 e. The van der Waals surface area contributed by atoms with Gasteiger partial charge in [0.25, 0.3) is 0 Å². The molecule has 5 aromatic carbocycles. The molecule has 0 saturated heterocycles. The van der Waals surface area contributed by atoms with E-state index < -0.39 is 0 Å². The molecule has 0 N–H and O–H groups in total. The van der Waals surface area contributed by atoms with Gasteiger partial charge in [0, 0.05) is 8.95 Å². The molecule has 0 fully saturated rings. The number of hydrogen-bond donors (Lipinski definition) is 0. The molecule has 3 heteroatoms. The molecule has 0 spiro atoms. The highest BCUT2D eigenvalue weighted by molar-refractivity contribution is 9.11. The standard InChI is InChI=1S/C26H17BBr2/c28-23-16-6-10-18-8-4-14-21(25(18)23)27(20-12-2-1-3-13-20)22-15-5-9-19-11-7-17-24(29)26(19)22/h1-17H. The molecule has 0 bridgehead atoms. The highest BCUT2D eigenvalue weighted by Gasteiger charge is 2.26. The first-order valence-corrected chi connectivity index (χ1v) is 11.2. The third-order valence-electron chi connectivity index (χ3n) is 5.53. The molecule has 0 heterocycles. The Kier molecular flexibility index (Phi) is 5.03. The minimum atomic E-state index is 0.126. The Balaban J connectivity index is 1.90. The lowest BCUT2D eigenvalue weighted by molar-refractivity contribution is 1.71. The van der Waals surface area contributed by atoms with Gasteiger partial charge < -0.3 is 0 Å². The van der Waals surface area contributed by atoms with E-state index in [1.165, 1.54) is 37.9 Å². The topological polar surface area (TPSA) is 0 Å². The second kappa shape index (κ2) is 7.81. The van der Waals surface area contributed by atoms with Gasteiger partial charge in [-0.2, -0.15) is 0 Å². The zero-order valence-corrected chi connectivity index (χ0v) is 18.8. The summed E-state index contributed by atoms with van der Waals surface area (Å²) in [5, 5.41) is 5.04. The number of benzene rings is 5. The van der Waals surface area contributed by atoms with Crippen LogP contribution in [0.3, 0.4) is 0 Å². The van der Waals surface area contributed by atoms with Crippen molar-refractivity contribution in [3.63, 3.8) is 0 Å². The van der Waals surface area contributed by atoms with E-state index in [4.69, 9.17) is 0 Å². The molecular weight excluding hydrogens is 483 g/mol. The molecule has 0 atom stereocenters. The van der Waals surface area contributed by atoms with Crippen molar-refractivity contribution in [2.24, 2.45) is 0 Å². The van der Waals surface area contributed by atoms with Crippen LogP contribution in [0.15, 0.2) is 112 Å². The van der Waals surface area contributed by atoms with Crippen LogP contribution >= 0.6 is 31.9 Å². The second-order valence-electron chi connectivity index (χ2n) is 7.21. The van der Waals surface area contributed by atoms with Gasteiger partial charge in [0.05, 0.1) is 0 Å². The Hall–Kier alpha value is -2.36. The van der Waals surface area contributed by atoms with Crippen molar-refractivity contribution in [2.75, 3.05) is 0 Å². The van der Waals surface area contributed by atoms with Gasteiger partial charge in [-0.05, 0) is 33.7 Å². The monoisotopic (exact) mass is 498 g/mol. The molecule has 0 nitrogen and oxygen atoms in total. The first kappa shape index (κ1) is 18.7. The van der Waals surface area contributed by atoms with Crippen LogP contribution in [0.5, 0.6) is 0 Å². The van der Waals surface area contributed by atoms with Gasteiger partial charge in [-0.25, -0.2) is 0 Å². The molecule has 5 aromatic rings. The quantitative estimate of drug-likeness (QED) is 0.266. The number of fused-ring (bicyclic) bond motifs is 2. The maximum atomic E-state index is 3.82. The molecule has 0 aliphatic heterocycles. The number of rotatable bonds is 3. The lowest BCUT2D eigenvalue weighted by Crippen LogP contribution is -2.52. The molecular formula is C26H17BBr2. The van der Waals surface area contributed by atoms with Crippen LogP contribution < -0.4 is 16.4 Å². The number of halogens is 2. The SMILES string of the molecule is Brc1cccc2cccc(B(c3ccccc3)c3cccc4cccc(Br)c34)c12. The van der Waals surface area contributed by atoms with Gasteiger partial charge in [0.2, 0.25) is 6.71 Å². The summed E-state index contributed by atoms with van der Waals surface area (Å²) in [6, 6.07) is 36.9. The normalized spacial score (nSPS) is 11.1. The molecule has 138 valence electrons. The van der Waals surface area contributed by atoms with E-state index in [1.54, 1.807) is 0 Å². The molecule has 0 aromatic heterocycles. The van der Waals surface area contributed by atoms with Crippen LogP contribution in [0.2, 0.25) is 0 Å².